The van der Waals surface area contributed by atoms with Crippen molar-refractivity contribution in [3.8, 4) is 5.75 Å². The van der Waals surface area contributed by atoms with Crippen molar-refractivity contribution in [2.24, 2.45) is 0 Å². The van der Waals surface area contributed by atoms with Crippen molar-refractivity contribution in [2.75, 3.05) is 0 Å². The van der Waals surface area contributed by atoms with Crippen LogP contribution < -0.4 is 4.74 Å². The zero-order valence-electron chi connectivity index (χ0n) is 10.6. The molecule has 3 nitrogen and oxygen atoms in total. The van der Waals surface area contributed by atoms with Gasteiger partial charge in [-0.05, 0) is 53.8 Å². The van der Waals surface area contributed by atoms with E-state index in [1.165, 1.54) is 19.3 Å². The first-order chi connectivity index (χ1) is 9.16. The van der Waals surface area contributed by atoms with E-state index < -0.39 is 5.97 Å². The second-order valence-corrected chi connectivity index (χ2v) is 5.56. The zero-order valence-corrected chi connectivity index (χ0v) is 12.2. The number of carbonyl (C=O) groups is 1. The number of halogens is 1. The number of rotatable bonds is 4. The number of para-hydroxylation sites is 1. The fourth-order valence-corrected chi connectivity index (χ4v) is 2.77. The molecule has 4 heteroatoms. The van der Waals surface area contributed by atoms with Crippen molar-refractivity contribution in [2.45, 2.75) is 38.2 Å². The number of ether oxygens (including phenoxy) is 1. The standard InChI is InChI=1S/C15H17BrO3/c16-13-8-4-5-11(9-10-14(17)18)15(13)19-12-6-2-1-3-7-12/h4-5,8-10,12H,1-3,6-7H2,(H,17,18). The first-order valence-corrected chi connectivity index (χ1v) is 7.32. The number of hydrogen-bond donors (Lipinski definition) is 1. The van der Waals surface area contributed by atoms with E-state index in [0.717, 1.165) is 34.7 Å². The molecule has 1 fully saturated rings. The highest BCUT2D eigenvalue weighted by molar-refractivity contribution is 9.10. The van der Waals surface area contributed by atoms with Crippen LogP contribution in [0.2, 0.25) is 0 Å². The van der Waals surface area contributed by atoms with Crippen molar-refractivity contribution in [1.29, 1.82) is 0 Å². The zero-order chi connectivity index (χ0) is 13.7. The molecule has 0 bridgehead atoms. The summed E-state index contributed by atoms with van der Waals surface area (Å²) >= 11 is 3.47. The van der Waals surface area contributed by atoms with Gasteiger partial charge in [0.15, 0.2) is 0 Å². The first kappa shape index (κ1) is 14.1. The third-order valence-electron chi connectivity index (χ3n) is 3.24. The summed E-state index contributed by atoms with van der Waals surface area (Å²) in [5.41, 5.74) is 0.794. The van der Waals surface area contributed by atoms with Crippen LogP contribution in [0.25, 0.3) is 6.08 Å². The van der Waals surface area contributed by atoms with Gasteiger partial charge < -0.3 is 9.84 Å². The van der Waals surface area contributed by atoms with E-state index in [4.69, 9.17) is 9.84 Å². The lowest BCUT2D eigenvalue weighted by Gasteiger charge is -2.24. The van der Waals surface area contributed by atoms with E-state index in [2.05, 4.69) is 15.9 Å². The summed E-state index contributed by atoms with van der Waals surface area (Å²) in [6.07, 6.45) is 8.78. The molecule has 1 saturated carbocycles. The highest BCUT2D eigenvalue weighted by Gasteiger charge is 2.17. The molecule has 0 aromatic heterocycles. The second-order valence-electron chi connectivity index (χ2n) is 4.71. The van der Waals surface area contributed by atoms with Gasteiger partial charge in [-0.3, -0.25) is 0 Å². The molecule has 1 aromatic rings. The maximum absolute atomic E-state index is 10.6. The molecule has 0 heterocycles. The van der Waals surface area contributed by atoms with E-state index in [0.29, 0.717) is 0 Å². The molecule has 19 heavy (non-hydrogen) atoms. The molecule has 0 radical (unpaired) electrons. The molecule has 0 saturated heterocycles. The number of aliphatic carboxylic acids is 1. The SMILES string of the molecule is O=C(O)C=Cc1cccc(Br)c1OC1CCCCC1. The quantitative estimate of drug-likeness (QED) is 0.842. The summed E-state index contributed by atoms with van der Waals surface area (Å²) in [4.78, 5) is 10.6. The normalized spacial score (nSPS) is 16.7. The Kier molecular flexibility index (Phi) is 5.02. The summed E-state index contributed by atoms with van der Waals surface area (Å²) in [7, 11) is 0. The fourth-order valence-electron chi connectivity index (χ4n) is 2.29. The molecule has 0 spiro atoms. The van der Waals surface area contributed by atoms with Crippen LogP contribution in [0.3, 0.4) is 0 Å². The third kappa shape index (κ3) is 4.10. The van der Waals surface area contributed by atoms with Crippen LogP contribution in [0.5, 0.6) is 5.75 Å². The lowest BCUT2D eigenvalue weighted by Crippen LogP contribution is -2.20. The van der Waals surface area contributed by atoms with Crippen LogP contribution in [0, 0.1) is 0 Å². The molecule has 1 aliphatic carbocycles. The summed E-state index contributed by atoms with van der Waals surface area (Å²) in [6.45, 7) is 0. The summed E-state index contributed by atoms with van der Waals surface area (Å²) in [6, 6.07) is 5.65. The monoisotopic (exact) mass is 324 g/mol. The minimum absolute atomic E-state index is 0.240. The van der Waals surface area contributed by atoms with Gasteiger partial charge in [0.25, 0.3) is 0 Å². The molecule has 102 valence electrons. The molecule has 0 amide bonds. The summed E-state index contributed by atoms with van der Waals surface area (Å²) in [5, 5.41) is 8.72. The van der Waals surface area contributed by atoms with Crippen molar-refractivity contribution in [1.82, 2.24) is 0 Å². The van der Waals surface area contributed by atoms with E-state index in [-0.39, 0.29) is 6.10 Å². The van der Waals surface area contributed by atoms with Gasteiger partial charge in [0.05, 0.1) is 10.6 Å². The lowest BCUT2D eigenvalue weighted by atomic mass is 9.97. The number of carboxylic acid groups (broad SMARTS) is 1. The minimum atomic E-state index is -0.955. The Labute approximate surface area is 121 Å². The first-order valence-electron chi connectivity index (χ1n) is 6.53. The molecular formula is C15H17BrO3. The molecule has 0 atom stereocenters. The number of carboxylic acids is 1. The minimum Gasteiger partial charge on any atom is -0.489 e. The largest absolute Gasteiger partial charge is 0.489 e. The van der Waals surface area contributed by atoms with Crippen molar-refractivity contribution < 1.29 is 14.6 Å². The Morgan fingerprint density at radius 2 is 2.05 bits per heavy atom. The fraction of sp³-hybridized carbons (Fsp3) is 0.400. The highest BCUT2D eigenvalue weighted by atomic mass is 79.9. The van der Waals surface area contributed by atoms with Crippen LogP contribution in [-0.4, -0.2) is 17.2 Å². The van der Waals surface area contributed by atoms with Crippen LogP contribution >= 0.6 is 15.9 Å². The van der Waals surface area contributed by atoms with Gasteiger partial charge in [-0.15, -0.1) is 0 Å². The van der Waals surface area contributed by atoms with Gasteiger partial charge >= 0.3 is 5.97 Å². The van der Waals surface area contributed by atoms with Gasteiger partial charge in [0.1, 0.15) is 5.75 Å². The predicted molar refractivity (Wildman–Crippen MR) is 78.3 cm³/mol. The Balaban J connectivity index is 2.19. The topological polar surface area (TPSA) is 46.5 Å². The Bertz CT molecular complexity index is 476. The maximum atomic E-state index is 10.6. The Hall–Kier alpha value is -1.29. The van der Waals surface area contributed by atoms with Crippen LogP contribution in [0.4, 0.5) is 0 Å². The summed E-state index contributed by atoms with van der Waals surface area (Å²) in [5.74, 6) is -0.213. The molecule has 1 aliphatic rings. The smallest absolute Gasteiger partial charge is 0.328 e. The second kappa shape index (κ2) is 6.75. The molecule has 2 rings (SSSR count). The van der Waals surface area contributed by atoms with E-state index >= 15 is 0 Å². The molecule has 0 unspecified atom stereocenters. The highest BCUT2D eigenvalue weighted by Crippen LogP contribution is 2.33. The Morgan fingerprint density at radius 1 is 1.32 bits per heavy atom. The number of hydrogen-bond acceptors (Lipinski definition) is 2. The van der Waals surface area contributed by atoms with Crippen molar-refractivity contribution in [3.05, 3.63) is 34.3 Å². The van der Waals surface area contributed by atoms with Gasteiger partial charge in [-0.2, -0.15) is 0 Å². The third-order valence-corrected chi connectivity index (χ3v) is 3.86. The van der Waals surface area contributed by atoms with Crippen LogP contribution in [0.1, 0.15) is 37.7 Å². The maximum Gasteiger partial charge on any atom is 0.328 e. The van der Waals surface area contributed by atoms with Gasteiger partial charge in [-0.25, -0.2) is 4.79 Å². The molecular weight excluding hydrogens is 308 g/mol. The molecule has 0 aliphatic heterocycles. The predicted octanol–water partition coefficient (Wildman–Crippen LogP) is 4.26. The van der Waals surface area contributed by atoms with E-state index in [1.54, 1.807) is 6.08 Å². The van der Waals surface area contributed by atoms with Crippen LogP contribution in [0.15, 0.2) is 28.7 Å². The van der Waals surface area contributed by atoms with E-state index in [1.807, 2.05) is 18.2 Å². The number of benzene rings is 1. The van der Waals surface area contributed by atoms with Crippen molar-refractivity contribution >= 4 is 28.0 Å². The Morgan fingerprint density at radius 3 is 2.74 bits per heavy atom. The van der Waals surface area contributed by atoms with E-state index in [9.17, 15) is 4.79 Å². The molecule has 1 aromatic carbocycles. The van der Waals surface area contributed by atoms with Crippen LogP contribution in [-0.2, 0) is 4.79 Å². The summed E-state index contributed by atoms with van der Waals surface area (Å²) < 4.78 is 6.92. The van der Waals surface area contributed by atoms with Gasteiger partial charge in [-0.1, -0.05) is 18.6 Å². The van der Waals surface area contributed by atoms with Gasteiger partial charge in [0, 0.05) is 11.6 Å². The van der Waals surface area contributed by atoms with Crippen molar-refractivity contribution in [3.63, 3.8) is 0 Å². The van der Waals surface area contributed by atoms with Gasteiger partial charge in [0.2, 0.25) is 0 Å². The average molecular weight is 325 g/mol. The lowest BCUT2D eigenvalue weighted by molar-refractivity contribution is -0.131. The average Bonchev–Trinajstić information content (AvgIpc) is 2.40. The molecule has 1 N–H and O–H groups in total.